The van der Waals surface area contributed by atoms with E-state index in [4.69, 9.17) is 9.47 Å². The minimum absolute atomic E-state index is 0.201. The number of aldehydes is 1. The number of ketones is 1. The number of benzene rings is 2. The van der Waals surface area contributed by atoms with E-state index in [1.807, 2.05) is 0 Å². The molecule has 0 heterocycles. The van der Waals surface area contributed by atoms with E-state index in [9.17, 15) is 9.59 Å². The summed E-state index contributed by atoms with van der Waals surface area (Å²) in [5, 5.41) is 0. The maximum absolute atomic E-state index is 12.5. The minimum Gasteiger partial charge on any atom is -0.497 e. The monoisotopic (exact) mass is 270 g/mol. The highest BCUT2D eigenvalue weighted by atomic mass is 16.5. The molecule has 0 radical (unpaired) electrons. The number of hydrogen-bond acceptors (Lipinski definition) is 4. The molecule has 4 heteroatoms. The molecule has 0 saturated carbocycles. The number of carbonyl (C=O) groups excluding carboxylic acids is 2. The van der Waals surface area contributed by atoms with Crippen molar-refractivity contribution in [2.75, 3.05) is 14.2 Å². The van der Waals surface area contributed by atoms with Gasteiger partial charge in [-0.15, -0.1) is 0 Å². The summed E-state index contributed by atoms with van der Waals surface area (Å²) in [6.07, 6.45) is 0.670. The molecule has 0 fully saturated rings. The fraction of sp³-hybridized carbons (Fsp3) is 0.125. The third-order valence-electron chi connectivity index (χ3n) is 2.97. The van der Waals surface area contributed by atoms with Gasteiger partial charge >= 0.3 is 0 Å². The molecular formula is C16H14O4. The number of hydrogen-bond donors (Lipinski definition) is 0. The normalized spacial score (nSPS) is 9.90. The Labute approximate surface area is 116 Å². The molecule has 4 nitrogen and oxygen atoms in total. The quantitative estimate of drug-likeness (QED) is 0.619. The van der Waals surface area contributed by atoms with Gasteiger partial charge in [0.15, 0.2) is 12.1 Å². The molecule has 0 atom stereocenters. The molecule has 0 N–H and O–H groups in total. The lowest BCUT2D eigenvalue weighted by atomic mass is 10.00. The first-order chi connectivity index (χ1) is 9.71. The Morgan fingerprint density at radius 3 is 2.25 bits per heavy atom. The third-order valence-corrected chi connectivity index (χ3v) is 2.97. The van der Waals surface area contributed by atoms with Crippen LogP contribution in [0.4, 0.5) is 0 Å². The van der Waals surface area contributed by atoms with E-state index < -0.39 is 0 Å². The van der Waals surface area contributed by atoms with Gasteiger partial charge < -0.3 is 9.47 Å². The summed E-state index contributed by atoms with van der Waals surface area (Å²) in [5.74, 6) is 0.770. The van der Waals surface area contributed by atoms with Crippen LogP contribution in [0, 0.1) is 0 Å². The molecule has 0 aliphatic heterocycles. The second-order valence-corrected chi connectivity index (χ2v) is 4.10. The van der Waals surface area contributed by atoms with Crippen molar-refractivity contribution in [2.24, 2.45) is 0 Å². The van der Waals surface area contributed by atoms with Crippen molar-refractivity contribution in [2.45, 2.75) is 0 Å². The van der Waals surface area contributed by atoms with Crippen molar-refractivity contribution >= 4 is 12.1 Å². The van der Waals surface area contributed by atoms with E-state index >= 15 is 0 Å². The van der Waals surface area contributed by atoms with Crippen molar-refractivity contribution in [3.8, 4) is 11.5 Å². The lowest BCUT2D eigenvalue weighted by Gasteiger charge is -2.10. The first kappa shape index (κ1) is 13.8. The molecule has 102 valence electrons. The van der Waals surface area contributed by atoms with E-state index in [-0.39, 0.29) is 5.78 Å². The molecule has 20 heavy (non-hydrogen) atoms. The minimum atomic E-state index is -0.201. The SMILES string of the molecule is COc1ccc(C(=O)c2cccc(C=O)c2OC)cc1. The van der Waals surface area contributed by atoms with Gasteiger partial charge in [0.05, 0.1) is 25.3 Å². The molecule has 0 spiro atoms. The standard InChI is InChI=1S/C16H14O4/c1-19-13-8-6-11(7-9-13)15(18)14-5-3-4-12(10-17)16(14)20-2/h3-10H,1-2H3. The van der Waals surface area contributed by atoms with Crippen molar-refractivity contribution in [3.63, 3.8) is 0 Å². The van der Waals surface area contributed by atoms with Gasteiger partial charge in [0.2, 0.25) is 0 Å². The number of methoxy groups -OCH3 is 2. The fourth-order valence-electron chi connectivity index (χ4n) is 1.95. The largest absolute Gasteiger partial charge is 0.497 e. The molecule has 0 aromatic heterocycles. The van der Waals surface area contributed by atoms with E-state index in [2.05, 4.69) is 0 Å². The molecule has 2 rings (SSSR count). The van der Waals surface area contributed by atoms with E-state index in [1.165, 1.54) is 7.11 Å². The summed E-state index contributed by atoms with van der Waals surface area (Å²) in [4.78, 5) is 23.4. The van der Waals surface area contributed by atoms with E-state index in [0.29, 0.717) is 34.5 Å². The number of rotatable bonds is 5. The molecule has 0 saturated heterocycles. The molecule has 0 amide bonds. The summed E-state index contributed by atoms with van der Waals surface area (Å²) in [7, 11) is 3.00. The van der Waals surface area contributed by atoms with Gasteiger partial charge in [-0.25, -0.2) is 0 Å². The summed E-state index contributed by atoms with van der Waals surface area (Å²) >= 11 is 0. The Morgan fingerprint density at radius 2 is 1.70 bits per heavy atom. The van der Waals surface area contributed by atoms with Crippen molar-refractivity contribution in [3.05, 3.63) is 59.2 Å². The Hall–Kier alpha value is -2.62. The first-order valence-electron chi connectivity index (χ1n) is 6.02. The average molecular weight is 270 g/mol. The van der Waals surface area contributed by atoms with Crippen LogP contribution in [-0.2, 0) is 0 Å². The predicted molar refractivity (Wildman–Crippen MR) is 74.8 cm³/mol. The summed E-state index contributed by atoms with van der Waals surface area (Å²) < 4.78 is 10.2. The fourth-order valence-corrected chi connectivity index (χ4v) is 1.95. The zero-order chi connectivity index (χ0) is 14.5. The lowest BCUT2D eigenvalue weighted by Crippen LogP contribution is -2.05. The number of carbonyl (C=O) groups is 2. The second-order valence-electron chi connectivity index (χ2n) is 4.10. The zero-order valence-electron chi connectivity index (χ0n) is 11.3. The van der Waals surface area contributed by atoms with Gasteiger partial charge in [0, 0.05) is 5.56 Å². The van der Waals surface area contributed by atoms with Crippen LogP contribution >= 0.6 is 0 Å². The van der Waals surface area contributed by atoms with Crippen LogP contribution in [0.25, 0.3) is 0 Å². The van der Waals surface area contributed by atoms with Crippen LogP contribution in [-0.4, -0.2) is 26.3 Å². The molecule has 2 aromatic carbocycles. The van der Waals surface area contributed by atoms with E-state index in [1.54, 1.807) is 49.6 Å². The molecule has 0 aliphatic rings. The van der Waals surface area contributed by atoms with Crippen LogP contribution in [0.5, 0.6) is 11.5 Å². The summed E-state index contributed by atoms with van der Waals surface area (Å²) in [5.41, 5.74) is 1.22. The van der Waals surface area contributed by atoms with Crippen molar-refractivity contribution in [1.29, 1.82) is 0 Å². The van der Waals surface area contributed by atoms with E-state index in [0.717, 1.165) is 0 Å². The summed E-state index contributed by atoms with van der Waals surface area (Å²) in [6.45, 7) is 0. The van der Waals surface area contributed by atoms with Gasteiger partial charge in [0.25, 0.3) is 0 Å². The number of para-hydroxylation sites is 1. The van der Waals surface area contributed by atoms with Crippen molar-refractivity contribution in [1.82, 2.24) is 0 Å². The van der Waals surface area contributed by atoms with Crippen LogP contribution in [0.2, 0.25) is 0 Å². The van der Waals surface area contributed by atoms with Gasteiger partial charge in [-0.1, -0.05) is 6.07 Å². The lowest BCUT2D eigenvalue weighted by molar-refractivity contribution is 0.103. The molecule has 2 aromatic rings. The Kier molecular flexibility index (Phi) is 4.15. The van der Waals surface area contributed by atoms with Crippen LogP contribution < -0.4 is 9.47 Å². The Bertz CT molecular complexity index is 629. The van der Waals surface area contributed by atoms with Crippen molar-refractivity contribution < 1.29 is 19.1 Å². The van der Waals surface area contributed by atoms with Gasteiger partial charge in [-0.2, -0.15) is 0 Å². The average Bonchev–Trinajstić information content (AvgIpc) is 2.53. The second kappa shape index (κ2) is 6.02. The Balaban J connectivity index is 2.44. The Morgan fingerprint density at radius 1 is 1.00 bits per heavy atom. The molecule has 0 unspecified atom stereocenters. The van der Waals surface area contributed by atoms with Crippen LogP contribution in [0.15, 0.2) is 42.5 Å². The van der Waals surface area contributed by atoms with Crippen LogP contribution in [0.3, 0.4) is 0 Å². The molecular weight excluding hydrogens is 256 g/mol. The molecule has 0 aliphatic carbocycles. The maximum Gasteiger partial charge on any atom is 0.196 e. The van der Waals surface area contributed by atoms with Gasteiger partial charge in [-0.05, 0) is 36.4 Å². The predicted octanol–water partition coefficient (Wildman–Crippen LogP) is 2.75. The number of ether oxygens (including phenoxy) is 2. The molecule has 0 bridgehead atoms. The zero-order valence-corrected chi connectivity index (χ0v) is 11.3. The first-order valence-corrected chi connectivity index (χ1v) is 6.02. The smallest absolute Gasteiger partial charge is 0.196 e. The van der Waals surface area contributed by atoms with Gasteiger partial charge in [-0.3, -0.25) is 9.59 Å². The third kappa shape index (κ3) is 2.54. The topological polar surface area (TPSA) is 52.6 Å². The summed E-state index contributed by atoms with van der Waals surface area (Å²) in [6, 6.07) is 11.7. The highest BCUT2D eigenvalue weighted by Crippen LogP contribution is 2.25. The van der Waals surface area contributed by atoms with Crippen LogP contribution in [0.1, 0.15) is 26.3 Å². The highest BCUT2D eigenvalue weighted by Gasteiger charge is 2.17. The van der Waals surface area contributed by atoms with Gasteiger partial charge in [0.1, 0.15) is 11.5 Å². The highest BCUT2D eigenvalue weighted by molar-refractivity contribution is 6.11. The maximum atomic E-state index is 12.5.